The predicted molar refractivity (Wildman–Crippen MR) is 75.7 cm³/mol. The standard InChI is InChI=1S/C13H8Cl2F2N2O2/c1-4-6(14)3-2-5(8(4)16)11-9(17)10(18)7(15)12(19-11)13(20)21/h2-3H,1H3,(H2,18,19)(H,20,21). The molecule has 0 amide bonds. The number of anilines is 1. The Bertz CT molecular complexity index is 767. The van der Waals surface area contributed by atoms with Gasteiger partial charge in [-0.05, 0) is 19.1 Å². The zero-order chi connectivity index (χ0) is 15.9. The maximum Gasteiger partial charge on any atom is 0.356 e. The quantitative estimate of drug-likeness (QED) is 0.873. The molecule has 0 bridgehead atoms. The highest BCUT2D eigenvalue weighted by atomic mass is 35.5. The highest BCUT2D eigenvalue weighted by molar-refractivity contribution is 6.35. The Morgan fingerprint density at radius 1 is 1.29 bits per heavy atom. The van der Waals surface area contributed by atoms with Crippen LogP contribution in [-0.4, -0.2) is 16.1 Å². The second kappa shape index (κ2) is 5.46. The van der Waals surface area contributed by atoms with E-state index in [9.17, 15) is 13.6 Å². The third-order valence-electron chi connectivity index (χ3n) is 2.89. The van der Waals surface area contributed by atoms with Crippen molar-refractivity contribution in [2.45, 2.75) is 6.92 Å². The summed E-state index contributed by atoms with van der Waals surface area (Å²) in [6, 6.07) is 2.54. The molecule has 0 saturated carbocycles. The molecule has 0 radical (unpaired) electrons. The van der Waals surface area contributed by atoms with Crippen molar-refractivity contribution in [2.24, 2.45) is 0 Å². The zero-order valence-electron chi connectivity index (χ0n) is 10.5. The molecule has 0 atom stereocenters. The van der Waals surface area contributed by atoms with Crippen LogP contribution in [0.2, 0.25) is 10.0 Å². The molecular formula is C13H8Cl2F2N2O2. The fourth-order valence-corrected chi connectivity index (χ4v) is 2.08. The number of pyridine rings is 1. The number of carbonyl (C=O) groups is 1. The number of halogens is 4. The molecule has 0 spiro atoms. The summed E-state index contributed by atoms with van der Waals surface area (Å²) in [5, 5.41) is 8.60. The summed E-state index contributed by atoms with van der Waals surface area (Å²) < 4.78 is 28.3. The van der Waals surface area contributed by atoms with Crippen LogP contribution in [0.5, 0.6) is 0 Å². The highest BCUT2D eigenvalue weighted by Gasteiger charge is 2.24. The van der Waals surface area contributed by atoms with Crippen LogP contribution < -0.4 is 5.73 Å². The summed E-state index contributed by atoms with van der Waals surface area (Å²) in [4.78, 5) is 14.6. The van der Waals surface area contributed by atoms with E-state index in [0.29, 0.717) is 0 Å². The van der Waals surface area contributed by atoms with Crippen LogP contribution in [0.15, 0.2) is 12.1 Å². The molecule has 4 nitrogen and oxygen atoms in total. The van der Waals surface area contributed by atoms with Crippen molar-refractivity contribution < 1.29 is 18.7 Å². The van der Waals surface area contributed by atoms with Gasteiger partial charge in [-0.25, -0.2) is 18.6 Å². The summed E-state index contributed by atoms with van der Waals surface area (Å²) >= 11 is 11.4. The maximum atomic E-state index is 14.2. The molecular weight excluding hydrogens is 325 g/mol. The Morgan fingerprint density at radius 3 is 2.48 bits per heavy atom. The lowest BCUT2D eigenvalue weighted by Gasteiger charge is -2.11. The first-order valence-corrected chi connectivity index (χ1v) is 6.34. The van der Waals surface area contributed by atoms with Crippen molar-refractivity contribution in [3.05, 3.63) is 45.1 Å². The van der Waals surface area contributed by atoms with Crippen LogP contribution in [0, 0.1) is 18.6 Å². The fraction of sp³-hybridized carbons (Fsp3) is 0.0769. The Labute approximate surface area is 128 Å². The van der Waals surface area contributed by atoms with Crippen molar-refractivity contribution in [1.29, 1.82) is 0 Å². The lowest BCUT2D eigenvalue weighted by Crippen LogP contribution is -2.09. The van der Waals surface area contributed by atoms with Gasteiger partial charge < -0.3 is 10.8 Å². The molecule has 0 fully saturated rings. The fourth-order valence-electron chi connectivity index (χ4n) is 1.73. The number of aromatic nitrogens is 1. The van der Waals surface area contributed by atoms with Gasteiger partial charge in [0.25, 0.3) is 0 Å². The van der Waals surface area contributed by atoms with Crippen LogP contribution in [0.1, 0.15) is 16.1 Å². The van der Waals surface area contributed by atoms with E-state index in [-0.39, 0.29) is 16.1 Å². The maximum absolute atomic E-state index is 14.2. The number of benzene rings is 1. The summed E-state index contributed by atoms with van der Waals surface area (Å²) in [7, 11) is 0. The van der Waals surface area contributed by atoms with E-state index in [1.807, 2.05) is 0 Å². The molecule has 0 aliphatic rings. The van der Waals surface area contributed by atoms with Gasteiger partial charge in [-0.2, -0.15) is 0 Å². The third kappa shape index (κ3) is 2.52. The van der Waals surface area contributed by atoms with Crippen LogP contribution in [0.4, 0.5) is 14.5 Å². The van der Waals surface area contributed by atoms with E-state index in [1.165, 1.54) is 19.1 Å². The van der Waals surface area contributed by atoms with Gasteiger partial charge in [0.15, 0.2) is 11.5 Å². The number of hydrogen-bond donors (Lipinski definition) is 2. The van der Waals surface area contributed by atoms with Crippen LogP contribution in [0.3, 0.4) is 0 Å². The molecule has 1 heterocycles. The van der Waals surface area contributed by atoms with E-state index in [1.54, 1.807) is 0 Å². The minimum Gasteiger partial charge on any atom is -0.476 e. The average molecular weight is 333 g/mol. The summed E-state index contributed by atoms with van der Waals surface area (Å²) in [6.07, 6.45) is 0. The van der Waals surface area contributed by atoms with Crippen molar-refractivity contribution >= 4 is 34.9 Å². The third-order valence-corrected chi connectivity index (χ3v) is 3.68. The SMILES string of the molecule is Cc1c(Cl)ccc(-c2nc(C(=O)O)c(Cl)c(N)c2F)c1F. The minimum atomic E-state index is -1.50. The molecule has 2 aromatic rings. The number of carboxylic acids is 1. The summed E-state index contributed by atoms with van der Waals surface area (Å²) in [5.74, 6) is -3.41. The van der Waals surface area contributed by atoms with Crippen LogP contribution in [0.25, 0.3) is 11.3 Å². The highest BCUT2D eigenvalue weighted by Crippen LogP contribution is 2.35. The number of nitrogens with two attached hydrogens (primary N) is 1. The number of hydrogen-bond acceptors (Lipinski definition) is 3. The molecule has 1 aromatic heterocycles. The first kappa shape index (κ1) is 15.5. The molecule has 0 unspecified atom stereocenters. The Morgan fingerprint density at radius 2 is 1.90 bits per heavy atom. The van der Waals surface area contributed by atoms with E-state index in [4.69, 9.17) is 34.0 Å². The molecule has 0 saturated heterocycles. The number of nitrogen functional groups attached to an aromatic ring is 1. The van der Waals surface area contributed by atoms with Gasteiger partial charge in [-0.1, -0.05) is 23.2 Å². The van der Waals surface area contributed by atoms with E-state index in [2.05, 4.69) is 4.98 Å². The average Bonchev–Trinajstić information content (AvgIpc) is 2.43. The van der Waals surface area contributed by atoms with E-state index in [0.717, 1.165) is 0 Å². The van der Waals surface area contributed by atoms with Gasteiger partial charge in [0.2, 0.25) is 0 Å². The van der Waals surface area contributed by atoms with Crippen LogP contribution >= 0.6 is 23.2 Å². The molecule has 1 aromatic carbocycles. The summed E-state index contributed by atoms with van der Waals surface area (Å²) in [5.41, 5.74) is 3.46. The van der Waals surface area contributed by atoms with Gasteiger partial charge in [0, 0.05) is 16.1 Å². The minimum absolute atomic E-state index is 0.0840. The van der Waals surface area contributed by atoms with Gasteiger partial charge in [-0.15, -0.1) is 0 Å². The van der Waals surface area contributed by atoms with Gasteiger partial charge in [0.05, 0.1) is 10.7 Å². The normalized spacial score (nSPS) is 10.7. The lowest BCUT2D eigenvalue weighted by atomic mass is 10.1. The first-order valence-electron chi connectivity index (χ1n) is 5.58. The second-order valence-electron chi connectivity index (χ2n) is 4.19. The van der Waals surface area contributed by atoms with E-state index < -0.39 is 39.7 Å². The van der Waals surface area contributed by atoms with Gasteiger partial charge >= 0.3 is 5.97 Å². The van der Waals surface area contributed by atoms with Gasteiger partial charge in [-0.3, -0.25) is 0 Å². The number of nitrogens with zero attached hydrogens (tertiary/aromatic N) is 1. The largest absolute Gasteiger partial charge is 0.476 e. The molecule has 8 heteroatoms. The summed E-state index contributed by atoms with van der Waals surface area (Å²) in [6.45, 7) is 1.40. The molecule has 110 valence electrons. The zero-order valence-corrected chi connectivity index (χ0v) is 12.1. The molecule has 21 heavy (non-hydrogen) atoms. The topological polar surface area (TPSA) is 76.2 Å². The van der Waals surface area contributed by atoms with Gasteiger partial charge in [0.1, 0.15) is 11.5 Å². The monoisotopic (exact) mass is 332 g/mol. The lowest BCUT2D eigenvalue weighted by molar-refractivity contribution is 0.0691. The van der Waals surface area contributed by atoms with Crippen molar-refractivity contribution in [1.82, 2.24) is 4.98 Å². The molecule has 0 aliphatic carbocycles. The van der Waals surface area contributed by atoms with Crippen LogP contribution in [-0.2, 0) is 0 Å². The van der Waals surface area contributed by atoms with Crippen molar-refractivity contribution in [3.63, 3.8) is 0 Å². The molecule has 0 aliphatic heterocycles. The van der Waals surface area contributed by atoms with Crippen molar-refractivity contribution in [3.8, 4) is 11.3 Å². The Kier molecular flexibility index (Phi) is 4.02. The number of aromatic carboxylic acids is 1. The number of carboxylic acid groups (broad SMARTS) is 1. The predicted octanol–water partition coefficient (Wildman–Crippen LogP) is 3.92. The second-order valence-corrected chi connectivity index (χ2v) is 4.97. The first-order chi connectivity index (χ1) is 9.75. The molecule has 2 rings (SSSR count). The smallest absolute Gasteiger partial charge is 0.356 e. The van der Waals surface area contributed by atoms with E-state index >= 15 is 0 Å². The van der Waals surface area contributed by atoms with Crippen molar-refractivity contribution in [2.75, 3.05) is 5.73 Å². The number of rotatable bonds is 2. The Hall–Kier alpha value is -1.92. The molecule has 3 N–H and O–H groups in total. The Balaban J connectivity index is 2.82.